The number of aromatic nitrogens is 2. The number of hydrogen-bond acceptors (Lipinski definition) is 3. The summed E-state index contributed by atoms with van der Waals surface area (Å²) >= 11 is 1.58. The number of carbonyl (C=O) groups is 1. The number of benzene rings is 2. The highest BCUT2D eigenvalue weighted by Crippen LogP contribution is 2.22. The summed E-state index contributed by atoms with van der Waals surface area (Å²) in [6, 6.07) is 16.2. The van der Waals surface area contributed by atoms with Crippen LogP contribution in [0.15, 0.2) is 60.8 Å². The number of rotatable bonds is 5. The minimum absolute atomic E-state index is 0.0981. The van der Waals surface area contributed by atoms with Gasteiger partial charge in [0.25, 0.3) is 0 Å². The fourth-order valence-corrected chi connectivity index (χ4v) is 3.70. The average molecular weight is 347 g/mol. The van der Waals surface area contributed by atoms with Crippen LogP contribution in [-0.4, -0.2) is 22.4 Å². The molecule has 1 amide bonds. The Morgan fingerprint density at radius 1 is 1.16 bits per heavy atom. The monoisotopic (exact) mass is 347 g/mol. The van der Waals surface area contributed by atoms with E-state index in [2.05, 4.69) is 27.4 Å². The summed E-state index contributed by atoms with van der Waals surface area (Å²) < 4.78 is 1.13. The van der Waals surface area contributed by atoms with Crippen molar-refractivity contribution in [2.45, 2.75) is 6.42 Å². The van der Waals surface area contributed by atoms with Gasteiger partial charge in [-0.2, -0.15) is 0 Å². The minimum atomic E-state index is -0.0981. The van der Waals surface area contributed by atoms with E-state index >= 15 is 0 Å². The zero-order chi connectivity index (χ0) is 17.1. The van der Waals surface area contributed by atoms with Gasteiger partial charge in [-0.25, -0.2) is 4.98 Å². The van der Waals surface area contributed by atoms with E-state index in [-0.39, 0.29) is 5.91 Å². The first-order valence-electron chi connectivity index (χ1n) is 8.16. The zero-order valence-electron chi connectivity index (χ0n) is 13.5. The van der Waals surface area contributed by atoms with Crippen LogP contribution in [-0.2, 0) is 11.2 Å². The van der Waals surface area contributed by atoms with Crippen molar-refractivity contribution in [1.29, 1.82) is 0 Å². The van der Waals surface area contributed by atoms with Gasteiger partial charge in [0, 0.05) is 29.7 Å². The average Bonchev–Trinajstić information content (AvgIpc) is 3.24. The van der Waals surface area contributed by atoms with Crippen molar-refractivity contribution in [3.8, 4) is 0 Å². The molecule has 2 heterocycles. The van der Waals surface area contributed by atoms with Crippen LogP contribution in [0, 0.1) is 0 Å². The van der Waals surface area contributed by atoms with Crippen LogP contribution in [0.5, 0.6) is 0 Å². The van der Waals surface area contributed by atoms with Gasteiger partial charge in [0.05, 0.1) is 10.2 Å². The molecular weight excluding hydrogens is 330 g/mol. The van der Waals surface area contributed by atoms with Gasteiger partial charge in [-0.1, -0.05) is 30.3 Å². The SMILES string of the molecule is O=C(/C=C/c1nc2ccccc2s1)NCCc1c[nH]c2ccccc12. The maximum Gasteiger partial charge on any atom is 0.244 e. The highest BCUT2D eigenvalue weighted by molar-refractivity contribution is 7.19. The molecular formula is C20H17N3OS. The molecule has 2 aromatic carbocycles. The second-order valence-corrected chi connectivity index (χ2v) is 6.82. The summed E-state index contributed by atoms with van der Waals surface area (Å²) in [5, 5.41) is 4.98. The molecule has 0 aliphatic heterocycles. The molecule has 4 nitrogen and oxygen atoms in total. The summed E-state index contributed by atoms with van der Waals surface area (Å²) in [6.07, 6.45) is 6.12. The van der Waals surface area contributed by atoms with Crippen molar-refractivity contribution in [3.63, 3.8) is 0 Å². The van der Waals surface area contributed by atoms with E-state index in [0.717, 1.165) is 27.2 Å². The van der Waals surface area contributed by atoms with Crippen LogP contribution < -0.4 is 5.32 Å². The van der Waals surface area contributed by atoms with Crippen molar-refractivity contribution in [2.24, 2.45) is 0 Å². The van der Waals surface area contributed by atoms with Gasteiger partial charge < -0.3 is 10.3 Å². The molecule has 124 valence electrons. The van der Waals surface area contributed by atoms with Crippen molar-refractivity contribution in [2.75, 3.05) is 6.54 Å². The predicted molar refractivity (Wildman–Crippen MR) is 104 cm³/mol. The van der Waals surface area contributed by atoms with Crippen molar-refractivity contribution < 1.29 is 4.79 Å². The van der Waals surface area contributed by atoms with Gasteiger partial charge >= 0.3 is 0 Å². The molecule has 0 fully saturated rings. The van der Waals surface area contributed by atoms with Gasteiger partial charge in [-0.05, 0) is 36.3 Å². The van der Waals surface area contributed by atoms with Crippen LogP contribution >= 0.6 is 11.3 Å². The quantitative estimate of drug-likeness (QED) is 0.533. The van der Waals surface area contributed by atoms with Gasteiger partial charge in [0.2, 0.25) is 5.91 Å². The number of fused-ring (bicyclic) bond motifs is 2. The van der Waals surface area contributed by atoms with Crippen molar-refractivity contribution in [3.05, 3.63) is 71.4 Å². The Balaban J connectivity index is 1.34. The molecule has 0 atom stereocenters. The number of aromatic amines is 1. The Bertz CT molecular complexity index is 1030. The van der Waals surface area contributed by atoms with E-state index in [1.165, 1.54) is 10.9 Å². The summed E-state index contributed by atoms with van der Waals surface area (Å²) in [7, 11) is 0. The van der Waals surface area contributed by atoms with Crippen molar-refractivity contribution in [1.82, 2.24) is 15.3 Å². The molecule has 4 aromatic rings. The Labute approximate surface area is 149 Å². The first-order valence-corrected chi connectivity index (χ1v) is 8.98. The fraction of sp³-hybridized carbons (Fsp3) is 0.100. The lowest BCUT2D eigenvalue weighted by atomic mass is 10.1. The number of thiazole rings is 1. The summed E-state index contributed by atoms with van der Waals surface area (Å²) in [5.74, 6) is -0.0981. The Morgan fingerprint density at radius 3 is 2.92 bits per heavy atom. The highest BCUT2D eigenvalue weighted by atomic mass is 32.1. The molecule has 0 spiro atoms. The molecule has 25 heavy (non-hydrogen) atoms. The third kappa shape index (κ3) is 3.46. The topological polar surface area (TPSA) is 57.8 Å². The fourth-order valence-electron chi connectivity index (χ4n) is 2.83. The molecule has 0 aliphatic carbocycles. The van der Waals surface area contributed by atoms with E-state index < -0.39 is 0 Å². The number of para-hydroxylation sites is 2. The minimum Gasteiger partial charge on any atom is -0.361 e. The Kier molecular flexibility index (Phi) is 4.31. The highest BCUT2D eigenvalue weighted by Gasteiger charge is 2.04. The first-order chi connectivity index (χ1) is 12.3. The number of nitrogens with one attached hydrogen (secondary N) is 2. The normalized spacial score (nSPS) is 11.5. The number of carbonyl (C=O) groups excluding carboxylic acids is 1. The molecule has 0 aliphatic rings. The van der Waals surface area contributed by atoms with E-state index in [0.29, 0.717) is 6.54 Å². The first kappa shape index (κ1) is 15.6. The Hall–Kier alpha value is -2.92. The molecule has 0 saturated carbocycles. The van der Waals surface area contributed by atoms with Crippen LogP contribution in [0.1, 0.15) is 10.6 Å². The summed E-state index contributed by atoms with van der Waals surface area (Å²) in [6.45, 7) is 0.602. The lowest BCUT2D eigenvalue weighted by Gasteiger charge is -2.01. The number of amides is 1. The number of nitrogens with zero attached hydrogens (tertiary/aromatic N) is 1. The van der Waals surface area contributed by atoms with Crippen LogP contribution in [0.3, 0.4) is 0 Å². The van der Waals surface area contributed by atoms with E-state index in [9.17, 15) is 4.79 Å². The zero-order valence-corrected chi connectivity index (χ0v) is 14.3. The summed E-state index contributed by atoms with van der Waals surface area (Å²) in [5.41, 5.74) is 3.30. The third-order valence-electron chi connectivity index (χ3n) is 4.06. The van der Waals surface area contributed by atoms with Gasteiger partial charge in [-0.3, -0.25) is 4.79 Å². The van der Waals surface area contributed by atoms with Gasteiger partial charge in [0.1, 0.15) is 5.01 Å². The molecule has 2 aromatic heterocycles. The largest absolute Gasteiger partial charge is 0.361 e. The second kappa shape index (κ2) is 6.91. The lowest BCUT2D eigenvalue weighted by molar-refractivity contribution is -0.116. The van der Waals surface area contributed by atoms with Crippen LogP contribution in [0.25, 0.3) is 27.2 Å². The number of hydrogen-bond donors (Lipinski definition) is 2. The molecule has 0 bridgehead atoms. The molecule has 0 radical (unpaired) electrons. The van der Waals surface area contributed by atoms with E-state index in [1.807, 2.05) is 42.6 Å². The van der Waals surface area contributed by atoms with Crippen LogP contribution in [0.4, 0.5) is 0 Å². The smallest absolute Gasteiger partial charge is 0.244 e. The Morgan fingerprint density at radius 2 is 2.00 bits per heavy atom. The molecule has 4 rings (SSSR count). The van der Waals surface area contributed by atoms with Crippen molar-refractivity contribution >= 4 is 44.4 Å². The molecule has 5 heteroatoms. The maximum atomic E-state index is 12.0. The third-order valence-corrected chi connectivity index (χ3v) is 5.06. The molecule has 0 unspecified atom stereocenters. The maximum absolute atomic E-state index is 12.0. The number of H-pyrrole nitrogens is 1. The van der Waals surface area contributed by atoms with E-state index in [4.69, 9.17) is 0 Å². The summed E-state index contributed by atoms with van der Waals surface area (Å²) in [4.78, 5) is 19.7. The van der Waals surface area contributed by atoms with Gasteiger partial charge in [-0.15, -0.1) is 11.3 Å². The molecule has 2 N–H and O–H groups in total. The van der Waals surface area contributed by atoms with E-state index in [1.54, 1.807) is 23.5 Å². The molecule has 0 saturated heterocycles. The van der Waals surface area contributed by atoms with Crippen LogP contribution in [0.2, 0.25) is 0 Å². The van der Waals surface area contributed by atoms with Gasteiger partial charge in [0.15, 0.2) is 0 Å². The predicted octanol–water partition coefficient (Wildman–Crippen LogP) is 4.15. The standard InChI is InChI=1S/C20H17N3OS/c24-19(9-10-20-23-17-7-3-4-8-18(17)25-20)21-12-11-14-13-22-16-6-2-1-5-15(14)16/h1-10,13,22H,11-12H2,(H,21,24)/b10-9+. The lowest BCUT2D eigenvalue weighted by Crippen LogP contribution is -2.23. The second-order valence-electron chi connectivity index (χ2n) is 5.75.